The van der Waals surface area contributed by atoms with Crippen molar-refractivity contribution < 1.29 is 4.74 Å². The molecular weight excluding hydrogens is 226 g/mol. The van der Waals surface area contributed by atoms with Crippen molar-refractivity contribution in [2.75, 3.05) is 19.0 Å². The zero-order valence-electron chi connectivity index (χ0n) is 9.96. The average Bonchev–Trinajstić information content (AvgIpc) is 2.16. The van der Waals surface area contributed by atoms with Crippen LogP contribution in [-0.4, -0.2) is 23.6 Å². The smallest absolute Gasteiger partial charge is 0.224 e. The lowest BCUT2D eigenvalue weighted by Gasteiger charge is -2.08. The molecule has 0 fully saturated rings. The van der Waals surface area contributed by atoms with Crippen LogP contribution >= 0.6 is 11.6 Å². The van der Waals surface area contributed by atoms with Crippen molar-refractivity contribution in [3.63, 3.8) is 0 Å². The lowest BCUT2D eigenvalue weighted by atomic mass is 10.1. The van der Waals surface area contributed by atoms with Gasteiger partial charge in [-0.2, -0.15) is 0 Å². The fraction of sp³-hybridized carbons (Fsp3) is 0.636. The standard InChI is InChI=1S/C11H18ClN3O/c1-8(2)4-5-13-11-14-9(7-16-3)6-10(12)15-11/h6,8H,4-5,7H2,1-3H3,(H,13,14,15). The molecule has 1 N–H and O–H groups in total. The highest BCUT2D eigenvalue weighted by atomic mass is 35.5. The number of methoxy groups -OCH3 is 1. The highest BCUT2D eigenvalue weighted by Gasteiger charge is 2.03. The number of halogens is 1. The summed E-state index contributed by atoms with van der Waals surface area (Å²) in [7, 11) is 1.63. The summed E-state index contributed by atoms with van der Waals surface area (Å²) in [5, 5.41) is 3.59. The molecule has 0 aliphatic heterocycles. The van der Waals surface area contributed by atoms with E-state index in [9.17, 15) is 0 Å². The summed E-state index contributed by atoms with van der Waals surface area (Å²) in [4.78, 5) is 8.39. The molecule has 0 radical (unpaired) electrons. The average molecular weight is 244 g/mol. The molecule has 1 heterocycles. The summed E-state index contributed by atoms with van der Waals surface area (Å²) >= 11 is 5.88. The molecule has 1 rings (SSSR count). The van der Waals surface area contributed by atoms with Crippen LogP contribution in [0.3, 0.4) is 0 Å². The van der Waals surface area contributed by atoms with Gasteiger partial charge in [-0.25, -0.2) is 9.97 Å². The van der Waals surface area contributed by atoms with Gasteiger partial charge in [0.05, 0.1) is 12.3 Å². The molecule has 0 aromatic carbocycles. The van der Waals surface area contributed by atoms with Gasteiger partial charge < -0.3 is 10.1 Å². The van der Waals surface area contributed by atoms with Crippen LogP contribution in [-0.2, 0) is 11.3 Å². The second-order valence-corrected chi connectivity index (χ2v) is 4.44. The number of hydrogen-bond acceptors (Lipinski definition) is 4. The molecule has 0 saturated heterocycles. The maximum atomic E-state index is 5.88. The molecule has 16 heavy (non-hydrogen) atoms. The third-order valence-electron chi connectivity index (χ3n) is 2.04. The van der Waals surface area contributed by atoms with Gasteiger partial charge in [0.2, 0.25) is 5.95 Å². The molecule has 4 nitrogen and oxygen atoms in total. The van der Waals surface area contributed by atoms with Crippen LogP contribution in [0.1, 0.15) is 26.0 Å². The van der Waals surface area contributed by atoms with E-state index in [0.717, 1.165) is 18.7 Å². The first kappa shape index (κ1) is 13.2. The maximum absolute atomic E-state index is 5.88. The SMILES string of the molecule is COCc1cc(Cl)nc(NCCC(C)C)n1. The molecule has 90 valence electrons. The number of aromatic nitrogens is 2. The van der Waals surface area contributed by atoms with Crippen molar-refractivity contribution in [3.05, 3.63) is 16.9 Å². The summed E-state index contributed by atoms with van der Waals surface area (Å²) < 4.78 is 5.00. The third kappa shape index (κ3) is 4.77. The lowest BCUT2D eigenvalue weighted by molar-refractivity contribution is 0.181. The van der Waals surface area contributed by atoms with Crippen molar-refractivity contribution >= 4 is 17.5 Å². The van der Waals surface area contributed by atoms with Gasteiger partial charge in [0.25, 0.3) is 0 Å². The quantitative estimate of drug-likeness (QED) is 0.781. The first-order valence-electron chi connectivity index (χ1n) is 5.38. The minimum atomic E-state index is 0.439. The fourth-order valence-corrected chi connectivity index (χ4v) is 1.44. The van der Waals surface area contributed by atoms with E-state index < -0.39 is 0 Å². The van der Waals surface area contributed by atoms with Crippen LogP contribution in [0.2, 0.25) is 5.15 Å². The Labute approximate surface area is 101 Å². The van der Waals surface area contributed by atoms with Crippen LogP contribution in [0.5, 0.6) is 0 Å². The normalized spacial score (nSPS) is 10.8. The first-order valence-corrected chi connectivity index (χ1v) is 5.76. The van der Waals surface area contributed by atoms with Crippen molar-refractivity contribution in [2.24, 2.45) is 5.92 Å². The van der Waals surface area contributed by atoms with Gasteiger partial charge in [-0.3, -0.25) is 0 Å². The van der Waals surface area contributed by atoms with Crippen LogP contribution in [0, 0.1) is 5.92 Å². The van der Waals surface area contributed by atoms with Gasteiger partial charge >= 0.3 is 0 Å². The molecule has 5 heteroatoms. The molecule has 0 saturated carbocycles. The van der Waals surface area contributed by atoms with Crippen LogP contribution < -0.4 is 5.32 Å². The van der Waals surface area contributed by atoms with E-state index in [1.165, 1.54) is 0 Å². The Bertz CT molecular complexity index is 331. The lowest BCUT2D eigenvalue weighted by Crippen LogP contribution is -2.09. The molecular formula is C11H18ClN3O. The number of anilines is 1. The Balaban J connectivity index is 2.58. The Morgan fingerprint density at radius 2 is 2.19 bits per heavy atom. The predicted octanol–water partition coefficient (Wildman–Crippen LogP) is 2.73. The van der Waals surface area contributed by atoms with Crippen LogP contribution in [0.4, 0.5) is 5.95 Å². The second kappa shape index (κ2) is 6.66. The number of ether oxygens (including phenoxy) is 1. The van der Waals surface area contributed by atoms with Gasteiger partial charge in [0.15, 0.2) is 0 Å². The summed E-state index contributed by atoms with van der Waals surface area (Å²) in [5.41, 5.74) is 0.787. The molecule has 1 aromatic rings. The number of hydrogen-bond donors (Lipinski definition) is 1. The minimum absolute atomic E-state index is 0.439. The van der Waals surface area contributed by atoms with E-state index >= 15 is 0 Å². The maximum Gasteiger partial charge on any atom is 0.224 e. The van der Waals surface area contributed by atoms with E-state index in [-0.39, 0.29) is 0 Å². The number of nitrogens with zero attached hydrogens (tertiary/aromatic N) is 2. The van der Waals surface area contributed by atoms with Crippen molar-refractivity contribution in [1.29, 1.82) is 0 Å². The van der Waals surface area contributed by atoms with E-state index in [1.54, 1.807) is 13.2 Å². The number of nitrogens with one attached hydrogen (secondary N) is 1. The molecule has 0 aliphatic rings. The topological polar surface area (TPSA) is 47.0 Å². The van der Waals surface area contributed by atoms with Crippen LogP contribution in [0.25, 0.3) is 0 Å². The Morgan fingerprint density at radius 1 is 1.44 bits per heavy atom. The van der Waals surface area contributed by atoms with E-state index in [2.05, 4.69) is 29.1 Å². The zero-order chi connectivity index (χ0) is 12.0. The van der Waals surface area contributed by atoms with Gasteiger partial charge in [-0.05, 0) is 18.4 Å². The summed E-state index contributed by atoms with van der Waals surface area (Å²) in [6.45, 7) is 5.65. The van der Waals surface area contributed by atoms with Gasteiger partial charge in [-0.15, -0.1) is 0 Å². The fourth-order valence-electron chi connectivity index (χ4n) is 1.24. The Hall–Kier alpha value is -0.870. The molecule has 0 amide bonds. The summed E-state index contributed by atoms with van der Waals surface area (Å²) in [5.74, 6) is 1.23. The Kier molecular flexibility index (Phi) is 5.49. The zero-order valence-corrected chi connectivity index (χ0v) is 10.7. The van der Waals surface area contributed by atoms with Crippen molar-refractivity contribution in [3.8, 4) is 0 Å². The first-order chi connectivity index (χ1) is 7.61. The van der Waals surface area contributed by atoms with Gasteiger partial charge in [-0.1, -0.05) is 25.4 Å². The van der Waals surface area contributed by atoms with Crippen molar-refractivity contribution in [2.45, 2.75) is 26.9 Å². The summed E-state index contributed by atoms with van der Waals surface area (Å²) in [6.07, 6.45) is 1.08. The highest BCUT2D eigenvalue weighted by Crippen LogP contribution is 2.11. The van der Waals surface area contributed by atoms with Crippen molar-refractivity contribution in [1.82, 2.24) is 9.97 Å². The molecule has 0 atom stereocenters. The monoisotopic (exact) mass is 243 g/mol. The molecule has 0 unspecified atom stereocenters. The minimum Gasteiger partial charge on any atom is -0.378 e. The van der Waals surface area contributed by atoms with Crippen LogP contribution in [0.15, 0.2) is 6.07 Å². The van der Waals surface area contributed by atoms with E-state index in [4.69, 9.17) is 16.3 Å². The van der Waals surface area contributed by atoms with E-state index in [0.29, 0.717) is 23.6 Å². The molecule has 0 bridgehead atoms. The largest absolute Gasteiger partial charge is 0.378 e. The molecule has 0 spiro atoms. The predicted molar refractivity (Wildman–Crippen MR) is 65.7 cm³/mol. The molecule has 0 aliphatic carbocycles. The molecule has 1 aromatic heterocycles. The second-order valence-electron chi connectivity index (χ2n) is 4.05. The van der Waals surface area contributed by atoms with Gasteiger partial charge in [0, 0.05) is 13.7 Å². The number of rotatable bonds is 6. The van der Waals surface area contributed by atoms with Gasteiger partial charge in [0.1, 0.15) is 5.15 Å². The summed E-state index contributed by atoms with van der Waals surface area (Å²) in [6, 6.07) is 1.71. The van der Waals surface area contributed by atoms with E-state index in [1.807, 2.05) is 0 Å². The third-order valence-corrected chi connectivity index (χ3v) is 2.24. The highest BCUT2D eigenvalue weighted by molar-refractivity contribution is 6.29. The Morgan fingerprint density at radius 3 is 2.81 bits per heavy atom.